The van der Waals surface area contributed by atoms with E-state index in [-0.39, 0.29) is 30.2 Å². The predicted molar refractivity (Wildman–Crippen MR) is 103 cm³/mol. The summed E-state index contributed by atoms with van der Waals surface area (Å²) in [7, 11) is 0. The van der Waals surface area contributed by atoms with Gasteiger partial charge in [-0.3, -0.25) is 4.79 Å². The smallest absolute Gasteiger partial charge is 0.316 e. The van der Waals surface area contributed by atoms with Gasteiger partial charge in [-0.05, 0) is 43.2 Å². The van der Waals surface area contributed by atoms with Gasteiger partial charge in [0.1, 0.15) is 0 Å². The van der Waals surface area contributed by atoms with Gasteiger partial charge in [0.2, 0.25) is 5.91 Å². The summed E-state index contributed by atoms with van der Waals surface area (Å²) in [6.45, 7) is 1.78. The van der Waals surface area contributed by atoms with E-state index in [2.05, 4.69) is 25.5 Å². The quantitative estimate of drug-likeness (QED) is 0.706. The van der Waals surface area contributed by atoms with Gasteiger partial charge in [-0.15, -0.1) is 5.10 Å². The normalized spacial score (nSPS) is 17.8. The molecule has 0 unspecified atom stereocenters. The van der Waals surface area contributed by atoms with E-state index in [4.69, 9.17) is 10.2 Å². The van der Waals surface area contributed by atoms with E-state index in [1.54, 1.807) is 0 Å². The number of para-hydroxylation sites is 2. The SMILES string of the molecule is Nc1nc2ccccc2nc1-c1nnc(NCC(=O)N2CCC3(CC2)CC3)o1. The van der Waals surface area contributed by atoms with Crippen LogP contribution in [0, 0.1) is 5.41 Å². The van der Waals surface area contributed by atoms with Crippen LogP contribution in [0.2, 0.25) is 0 Å². The summed E-state index contributed by atoms with van der Waals surface area (Å²) in [4.78, 5) is 23.1. The van der Waals surface area contributed by atoms with Crippen LogP contribution < -0.4 is 11.1 Å². The third-order valence-corrected chi connectivity index (χ3v) is 5.75. The second-order valence-corrected chi connectivity index (χ2v) is 7.59. The third kappa shape index (κ3) is 3.12. The Hall–Kier alpha value is -3.23. The predicted octanol–water partition coefficient (Wildman–Crippen LogP) is 2.08. The van der Waals surface area contributed by atoms with E-state index in [0.29, 0.717) is 22.1 Å². The molecule has 1 amide bonds. The molecule has 1 aromatic carbocycles. The van der Waals surface area contributed by atoms with E-state index in [1.807, 2.05) is 29.2 Å². The lowest BCUT2D eigenvalue weighted by Crippen LogP contribution is -2.41. The van der Waals surface area contributed by atoms with E-state index in [9.17, 15) is 4.79 Å². The van der Waals surface area contributed by atoms with Crippen molar-refractivity contribution in [1.29, 1.82) is 0 Å². The number of nitrogens with zero attached hydrogens (tertiary/aromatic N) is 5. The molecule has 0 atom stereocenters. The molecule has 28 heavy (non-hydrogen) atoms. The lowest BCUT2D eigenvalue weighted by atomic mass is 9.94. The molecule has 2 aliphatic rings. The number of fused-ring (bicyclic) bond motifs is 1. The van der Waals surface area contributed by atoms with Crippen LogP contribution in [0.25, 0.3) is 22.6 Å². The Balaban J connectivity index is 1.25. The Bertz CT molecular complexity index is 1030. The maximum absolute atomic E-state index is 12.4. The van der Waals surface area contributed by atoms with Crippen molar-refractivity contribution in [2.75, 3.05) is 30.7 Å². The first-order chi connectivity index (χ1) is 13.6. The van der Waals surface area contributed by atoms with Gasteiger partial charge in [0.25, 0.3) is 5.89 Å². The summed E-state index contributed by atoms with van der Waals surface area (Å²) in [6, 6.07) is 7.57. The number of amides is 1. The molecule has 1 saturated heterocycles. The summed E-state index contributed by atoms with van der Waals surface area (Å²) in [5, 5.41) is 10.8. The summed E-state index contributed by atoms with van der Waals surface area (Å²) < 4.78 is 5.59. The maximum atomic E-state index is 12.4. The molecule has 0 radical (unpaired) electrons. The molecule has 3 aromatic rings. The highest BCUT2D eigenvalue weighted by molar-refractivity contribution is 5.81. The van der Waals surface area contributed by atoms with Crippen LogP contribution >= 0.6 is 0 Å². The number of carbonyl (C=O) groups is 1. The van der Waals surface area contributed by atoms with Gasteiger partial charge in [-0.2, -0.15) is 0 Å². The van der Waals surface area contributed by atoms with E-state index < -0.39 is 0 Å². The average Bonchev–Trinajstić information content (AvgIpc) is 3.29. The summed E-state index contributed by atoms with van der Waals surface area (Å²) in [5.41, 5.74) is 8.25. The minimum Gasteiger partial charge on any atom is -0.402 e. The zero-order valence-corrected chi connectivity index (χ0v) is 15.4. The molecule has 1 aliphatic carbocycles. The van der Waals surface area contributed by atoms with Gasteiger partial charge < -0.3 is 20.4 Å². The molecule has 3 N–H and O–H groups in total. The molecule has 0 bridgehead atoms. The molecule has 9 heteroatoms. The van der Waals surface area contributed by atoms with Crippen molar-refractivity contribution >= 4 is 28.8 Å². The molecule has 2 aromatic heterocycles. The van der Waals surface area contributed by atoms with Crippen molar-refractivity contribution in [3.8, 4) is 11.6 Å². The van der Waals surface area contributed by atoms with Gasteiger partial charge in [0.15, 0.2) is 11.5 Å². The average molecular weight is 379 g/mol. The minimum absolute atomic E-state index is 0.0419. The number of nitrogens with two attached hydrogens (primary N) is 1. The van der Waals surface area contributed by atoms with Crippen LogP contribution in [-0.4, -0.2) is 50.6 Å². The second-order valence-electron chi connectivity index (χ2n) is 7.59. The highest BCUT2D eigenvalue weighted by atomic mass is 16.4. The van der Waals surface area contributed by atoms with Crippen LogP contribution in [0.4, 0.5) is 11.8 Å². The maximum Gasteiger partial charge on any atom is 0.316 e. The number of carbonyl (C=O) groups excluding carboxylic acids is 1. The van der Waals surface area contributed by atoms with Crippen molar-refractivity contribution in [1.82, 2.24) is 25.1 Å². The van der Waals surface area contributed by atoms with E-state index in [1.165, 1.54) is 12.8 Å². The number of aromatic nitrogens is 4. The van der Waals surface area contributed by atoms with Crippen LogP contribution in [0.1, 0.15) is 25.7 Å². The number of likely N-dealkylation sites (tertiary alicyclic amines) is 1. The van der Waals surface area contributed by atoms with Crippen LogP contribution in [0.15, 0.2) is 28.7 Å². The van der Waals surface area contributed by atoms with E-state index >= 15 is 0 Å². The number of nitrogens with one attached hydrogen (secondary N) is 1. The largest absolute Gasteiger partial charge is 0.402 e. The van der Waals surface area contributed by atoms with Crippen molar-refractivity contribution in [2.45, 2.75) is 25.7 Å². The molecule has 1 spiro atoms. The number of benzene rings is 1. The first-order valence-corrected chi connectivity index (χ1v) is 9.50. The summed E-state index contributed by atoms with van der Waals surface area (Å²) >= 11 is 0. The highest BCUT2D eigenvalue weighted by Crippen LogP contribution is 2.53. The summed E-state index contributed by atoms with van der Waals surface area (Å²) in [5.74, 6) is 0.423. The monoisotopic (exact) mass is 379 g/mol. The number of anilines is 2. The Morgan fingerprint density at radius 2 is 1.82 bits per heavy atom. The fourth-order valence-corrected chi connectivity index (χ4v) is 3.73. The molecule has 5 rings (SSSR count). The molecule has 9 nitrogen and oxygen atoms in total. The Morgan fingerprint density at radius 1 is 1.11 bits per heavy atom. The number of rotatable bonds is 4. The van der Waals surface area contributed by atoms with Crippen LogP contribution in [-0.2, 0) is 4.79 Å². The lowest BCUT2D eigenvalue weighted by Gasteiger charge is -2.32. The van der Waals surface area contributed by atoms with Crippen molar-refractivity contribution in [3.63, 3.8) is 0 Å². The molecule has 144 valence electrons. The number of piperidine rings is 1. The molecule has 1 saturated carbocycles. The standard InChI is InChI=1S/C19H21N7O2/c20-16-15(22-12-3-1-2-4-13(12)23-16)17-24-25-18(28-17)21-11-14(27)26-9-7-19(5-6-19)8-10-26/h1-4H,5-11H2,(H2,20,23)(H,21,25). The second kappa shape index (κ2) is 6.43. The highest BCUT2D eigenvalue weighted by Gasteiger charge is 2.44. The molecular formula is C19H21N7O2. The van der Waals surface area contributed by atoms with E-state index in [0.717, 1.165) is 25.9 Å². The Labute approximate surface area is 161 Å². The van der Waals surface area contributed by atoms with Crippen molar-refractivity contribution in [3.05, 3.63) is 24.3 Å². The molecule has 3 heterocycles. The first kappa shape index (κ1) is 16.9. The van der Waals surface area contributed by atoms with Gasteiger partial charge in [0, 0.05) is 13.1 Å². The Kier molecular flexibility index (Phi) is 3.88. The molecule has 1 aliphatic heterocycles. The minimum atomic E-state index is 0.0419. The van der Waals surface area contributed by atoms with Crippen molar-refractivity contribution in [2.24, 2.45) is 5.41 Å². The van der Waals surface area contributed by atoms with Crippen LogP contribution in [0.3, 0.4) is 0 Å². The summed E-state index contributed by atoms with van der Waals surface area (Å²) in [6.07, 6.45) is 4.87. The molecule has 2 fully saturated rings. The zero-order chi connectivity index (χ0) is 19.1. The third-order valence-electron chi connectivity index (χ3n) is 5.75. The molecular weight excluding hydrogens is 358 g/mol. The van der Waals surface area contributed by atoms with Gasteiger partial charge in [-0.25, -0.2) is 9.97 Å². The van der Waals surface area contributed by atoms with Crippen LogP contribution in [0.5, 0.6) is 0 Å². The van der Waals surface area contributed by atoms with Gasteiger partial charge >= 0.3 is 6.01 Å². The van der Waals surface area contributed by atoms with Gasteiger partial charge in [-0.1, -0.05) is 17.2 Å². The number of hydrogen-bond donors (Lipinski definition) is 2. The van der Waals surface area contributed by atoms with Gasteiger partial charge in [0.05, 0.1) is 17.6 Å². The van der Waals surface area contributed by atoms with Crippen molar-refractivity contribution < 1.29 is 9.21 Å². The zero-order valence-electron chi connectivity index (χ0n) is 15.4. The lowest BCUT2D eigenvalue weighted by molar-refractivity contribution is -0.130. The topological polar surface area (TPSA) is 123 Å². The number of hydrogen-bond acceptors (Lipinski definition) is 8. The number of nitrogen functional groups attached to an aromatic ring is 1. The first-order valence-electron chi connectivity index (χ1n) is 9.50. The fourth-order valence-electron chi connectivity index (χ4n) is 3.73. The fraction of sp³-hybridized carbons (Fsp3) is 0.421. The Morgan fingerprint density at radius 3 is 2.54 bits per heavy atom.